The summed E-state index contributed by atoms with van der Waals surface area (Å²) in [6.45, 7) is 5.43. The van der Waals surface area contributed by atoms with Crippen LogP contribution in [0.4, 0.5) is 0 Å². The van der Waals surface area contributed by atoms with Gasteiger partial charge in [0.15, 0.2) is 0 Å². The van der Waals surface area contributed by atoms with Crippen molar-refractivity contribution in [2.75, 3.05) is 26.0 Å². The summed E-state index contributed by atoms with van der Waals surface area (Å²) in [5.74, 6) is 2.01. The van der Waals surface area contributed by atoms with Crippen molar-refractivity contribution in [3.63, 3.8) is 0 Å². The summed E-state index contributed by atoms with van der Waals surface area (Å²) in [6, 6.07) is 8.19. The molecule has 1 rings (SSSR count). The van der Waals surface area contributed by atoms with Gasteiger partial charge in [0.1, 0.15) is 5.75 Å². The van der Waals surface area contributed by atoms with Crippen LogP contribution >= 0.6 is 11.8 Å². The Kier molecular flexibility index (Phi) is 8.81. The van der Waals surface area contributed by atoms with Gasteiger partial charge < -0.3 is 15.2 Å². The minimum absolute atomic E-state index is 0.128. The zero-order valence-electron chi connectivity index (χ0n) is 13.5. The Labute approximate surface area is 133 Å². The van der Waals surface area contributed by atoms with Crippen molar-refractivity contribution >= 4 is 11.8 Å². The van der Waals surface area contributed by atoms with Gasteiger partial charge in [-0.15, -0.1) is 11.8 Å². The van der Waals surface area contributed by atoms with Gasteiger partial charge in [0.2, 0.25) is 0 Å². The lowest BCUT2D eigenvalue weighted by atomic mass is 9.96. The Bertz CT molecular complexity index is 400. The monoisotopic (exact) mass is 311 g/mol. The molecular weight excluding hydrogens is 282 g/mol. The molecule has 21 heavy (non-hydrogen) atoms. The molecule has 0 aliphatic rings. The number of thioether (sulfide) groups is 1. The summed E-state index contributed by atoms with van der Waals surface area (Å²) in [5.41, 5.74) is -0.128. The average Bonchev–Trinajstić information content (AvgIpc) is 2.53. The van der Waals surface area contributed by atoms with Crippen LogP contribution < -0.4 is 10.1 Å². The van der Waals surface area contributed by atoms with Gasteiger partial charge in [0.25, 0.3) is 0 Å². The quantitative estimate of drug-likeness (QED) is 0.483. The van der Waals surface area contributed by atoms with E-state index in [1.165, 1.54) is 4.90 Å². The Hall–Kier alpha value is -0.710. The van der Waals surface area contributed by atoms with E-state index in [1.54, 1.807) is 7.11 Å². The SMILES string of the molecule is CCCNC(C)(CO)CCCCSc1cccc(OC)c1. The van der Waals surface area contributed by atoms with Crippen molar-refractivity contribution in [3.05, 3.63) is 24.3 Å². The zero-order valence-corrected chi connectivity index (χ0v) is 14.3. The van der Waals surface area contributed by atoms with Gasteiger partial charge in [-0.3, -0.25) is 0 Å². The highest BCUT2D eigenvalue weighted by atomic mass is 32.2. The van der Waals surface area contributed by atoms with E-state index in [9.17, 15) is 5.11 Å². The number of methoxy groups -OCH3 is 1. The second-order valence-electron chi connectivity index (χ2n) is 5.63. The second kappa shape index (κ2) is 10.1. The van der Waals surface area contributed by atoms with Crippen molar-refractivity contribution in [2.45, 2.75) is 50.0 Å². The highest BCUT2D eigenvalue weighted by Gasteiger charge is 2.21. The molecule has 1 aromatic rings. The number of aliphatic hydroxyl groups excluding tert-OH is 1. The van der Waals surface area contributed by atoms with Crippen LogP contribution in [0.3, 0.4) is 0 Å². The van der Waals surface area contributed by atoms with E-state index in [4.69, 9.17) is 4.74 Å². The molecule has 0 aromatic heterocycles. The van der Waals surface area contributed by atoms with Crippen molar-refractivity contribution in [1.29, 1.82) is 0 Å². The fraction of sp³-hybridized carbons (Fsp3) is 0.647. The normalized spacial score (nSPS) is 13.9. The maximum Gasteiger partial charge on any atom is 0.119 e. The van der Waals surface area contributed by atoms with Crippen molar-refractivity contribution in [3.8, 4) is 5.75 Å². The number of rotatable bonds is 11. The molecule has 0 aliphatic heterocycles. The van der Waals surface area contributed by atoms with E-state index in [0.717, 1.165) is 43.7 Å². The fourth-order valence-corrected chi connectivity index (χ4v) is 3.11. The lowest BCUT2D eigenvalue weighted by molar-refractivity contribution is 0.163. The average molecular weight is 311 g/mol. The van der Waals surface area contributed by atoms with Gasteiger partial charge in [-0.2, -0.15) is 0 Å². The Morgan fingerprint density at radius 3 is 2.81 bits per heavy atom. The van der Waals surface area contributed by atoms with E-state index in [1.807, 2.05) is 23.9 Å². The highest BCUT2D eigenvalue weighted by Crippen LogP contribution is 2.24. The number of benzene rings is 1. The smallest absolute Gasteiger partial charge is 0.119 e. The largest absolute Gasteiger partial charge is 0.497 e. The molecular formula is C17H29NO2S. The fourth-order valence-electron chi connectivity index (χ4n) is 2.15. The Morgan fingerprint density at radius 1 is 1.33 bits per heavy atom. The summed E-state index contributed by atoms with van der Waals surface area (Å²) in [7, 11) is 1.70. The van der Waals surface area contributed by atoms with Crippen LogP contribution in [0.15, 0.2) is 29.2 Å². The zero-order chi connectivity index (χ0) is 15.6. The van der Waals surface area contributed by atoms with Crippen LogP contribution in [0.2, 0.25) is 0 Å². The van der Waals surface area contributed by atoms with E-state index in [-0.39, 0.29) is 12.1 Å². The van der Waals surface area contributed by atoms with Gasteiger partial charge >= 0.3 is 0 Å². The molecule has 0 fully saturated rings. The topological polar surface area (TPSA) is 41.5 Å². The van der Waals surface area contributed by atoms with Crippen LogP contribution in [0.1, 0.15) is 39.5 Å². The summed E-state index contributed by atoms with van der Waals surface area (Å²) >= 11 is 1.86. The maximum atomic E-state index is 9.52. The lowest BCUT2D eigenvalue weighted by Crippen LogP contribution is -2.46. The summed E-state index contributed by atoms with van der Waals surface area (Å²) in [6.07, 6.45) is 4.40. The molecule has 4 heteroatoms. The third kappa shape index (κ3) is 7.21. The molecule has 2 N–H and O–H groups in total. The minimum atomic E-state index is -0.128. The van der Waals surface area contributed by atoms with Gasteiger partial charge in [-0.25, -0.2) is 0 Å². The predicted octanol–water partition coefficient (Wildman–Crippen LogP) is 3.71. The Balaban J connectivity index is 2.24. The molecule has 0 heterocycles. The van der Waals surface area contributed by atoms with Crippen LogP contribution in [0.5, 0.6) is 5.75 Å². The van der Waals surface area contributed by atoms with Crippen molar-refractivity contribution < 1.29 is 9.84 Å². The molecule has 1 atom stereocenters. The van der Waals surface area contributed by atoms with Gasteiger partial charge in [-0.1, -0.05) is 19.4 Å². The van der Waals surface area contributed by atoms with Crippen molar-refractivity contribution in [1.82, 2.24) is 5.32 Å². The molecule has 3 nitrogen and oxygen atoms in total. The van der Waals surface area contributed by atoms with E-state index >= 15 is 0 Å². The molecule has 0 radical (unpaired) electrons. The standard InChI is InChI=1S/C17H29NO2S/c1-4-11-18-17(2,14-19)10-5-6-12-21-16-9-7-8-15(13-16)20-3/h7-9,13,18-19H,4-6,10-12,14H2,1-3H3. The van der Waals surface area contributed by atoms with Crippen LogP contribution in [0, 0.1) is 0 Å². The summed E-state index contributed by atoms with van der Waals surface area (Å²) < 4.78 is 5.23. The Morgan fingerprint density at radius 2 is 2.14 bits per heavy atom. The first-order valence-electron chi connectivity index (χ1n) is 7.76. The maximum absolute atomic E-state index is 9.52. The number of aliphatic hydroxyl groups is 1. The number of ether oxygens (including phenoxy) is 1. The molecule has 0 bridgehead atoms. The lowest BCUT2D eigenvalue weighted by Gasteiger charge is -2.28. The molecule has 0 amide bonds. The predicted molar refractivity (Wildman–Crippen MR) is 91.4 cm³/mol. The third-order valence-corrected chi connectivity index (χ3v) is 4.66. The molecule has 1 unspecified atom stereocenters. The summed E-state index contributed by atoms with van der Waals surface area (Å²) in [4.78, 5) is 1.25. The molecule has 0 aliphatic carbocycles. The van der Waals surface area contributed by atoms with E-state index in [2.05, 4.69) is 31.3 Å². The molecule has 0 saturated carbocycles. The van der Waals surface area contributed by atoms with Crippen molar-refractivity contribution in [2.24, 2.45) is 0 Å². The van der Waals surface area contributed by atoms with Gasteiger partial charge in [0, 0.05) is 10.4 Å². The van der Waals surface area contributed by atoms with E-state index in [0.29, 0.717) is 0 Å². The molecule has 120 valence electrons. The molecule has 0 saturated heterocycles. The highest BCUT2D eigenvalue weighted by molar-refractivity contribution is 7.99. The number of hydrogen-bond acceptors (Lipinski definition) is 4. The molecule has 0 spiro atoms. The first-order chi connectivity index (χ1) is 10.1. The number of unbranched alkanes of at least 4 members (excludes halogenated alkanes) is 1. The number of nitrogens with one attached hydrogen (secondary N) is 1. The van der Waals surface area contributed by atoms with Gasteiger partial charge in [-0.05, 0) is 56.7 Å². The number of hydrogen-bond donors (Lipinski definition) is 2. The molecule has 1 aromatic carbocycles. The van der Waals surface area contributed by atoms with Crippen LogP contribution in [0.25, 0.3) is 0 Å². The minimum Gasteiger partial charge on any atom is -0.497 e. The first-order valence-corrected chi connectivity index (χ1v) is 8.75. The first kappa shape index (κ1) is 18.3. The van der Waals surface area contributed by atoms with Crippen LogP contribution in [-0.4, -0.2) is 36.7 Å². The summed E-state index contributed by atoms with van der Waals surface area (Å²) in [5, 5.41) is 13.0. The second-order valence-corrected chi connectivity index (χ2v) is 6.80. The van der Waals surface area contributed by atoms with E-state index < -0.39 is 0 Å². The van der Waals surface area contributed by atoms with Gasteiger partial charge in [0.05, 0.1) is 13.7 Å². The third-order valence-electron chi connectivity index (χ3n) is 3.58. The van der Waals surface area contributed by atoms with Crippen LogP contribution in [-0.2, 0) is 0 Å².